The molecule has 210 valence electrons. The summed E-state index contributed by atoms with van der Waals surface area (Å²) < 4.78 is 49.4. The molecule has 6 rings (SSSR count). The molecule has 3 aromatic carbocycles. The van der Waals surface area contributed by atoms with Crippen molar-refractivity contribution < 1.29 is 17.5 Å². The van der Waals surface area contributed by atoms with Gasteiger partial charge in [0, 0.05) is 44.5 Å². The number of pyridine rings is 1. The van der Waals surface area contributed by atoms with Gasteiger partial charge in [-0.25, -0.2) is 17.8 Å². The third kappa shape index (κ3) is 5.61. The van der Waals surface area contributed by atoms with Crippen LogP contribution in [0.25, 0.3) is 28.0 Å². The molecule has 0 aliphatic carbocycles. The first-order valence-corrected chi connectivity index (χ1v) is 15.1. The molecule has 0 radical (unpaired) electrons. The van der Waals surface area contributed by atoms with Gasteiger partial charge in [-0.15, -0.1) is 0 Å². The monoisotopic (exact) mass is 570 g/mol. The zero-order valence-corrected chi connectivity index (χ0v) is 23.6. The van der Waals surface area contributed by atoms with Crippen molar-refractivity contribution in [1.29, 1.82) is 0 Å². The van der Waals surface area contributed by atoms with Gasteiger partial charge < -0.3 is 9.14 Å². The molecule has 0 saturated carbocycles. The van der Waals surface area contributed by atoms with E-state index in [4.69, 9.17) is 9.72 Å². The lowest BCUT2D eigenvalue weighted by molar-refractivity contribution is 0.180. The Morgan fingerprint density at radius 3 is 2.29 bits per heavy atom. The highest BCUT2D eigenvalue weighted by Crippen LogP contribution is 2.30. The van der Waals surface area contributed by atoms with Crippen LogP contribution >= 0.6 is 0 Å². The van der Waals surface area contributed by atoms with Crippen molar-refractivity contribution in [2.75, 3.05) is 32.8 Å². The standard InChI is InChI=1S/C32H31FN4O3S/c1-2-40-28-8-6-7-25(21-28)26-13-16-31-34-32(24-11-14-27(33)15-12-24)30(37(31)22-26)23-35-17-19-36(20-18-35)41(38,39)29-9-4-3-5-10-29/h3-16,21-22H,2,17-20,23H2,1H3. The Hall–Kier alpha value is -4.05. The Kier molecular flexibility index (Phi) is 7.57. The molecule has 2 aromatic heterocycles. The molecule has 1 aliphatic heterocycles. The van der Waals surface area contributed by atoms with E-state index in [9.17, 15) is 12.8 Å². The number of rotatable bonds is 8. The van der Waals surface area contributed by atoms with E-state index < -0.39 is 10.0 Å². The molecule has 3 heterocycles. The smallest absolute Gasteiger partial charge is 0.243 e. The van der Waals surface area contributed by atoms with Crippen LogP contribution in [0, 0.1) is 5.82 Å². The summed E-state index contributed by atoms with van der Waals surface area (Å²) in [5.41, 5.74) is 5.41. The summed E-state index contributed by atoms with van der Waals surface area (Å²) >= 11 is 0. The van der Waals surface area contributed by atoms with Gasteiger partial charge in [-0.1, -0.05) is 30.3 Å². The van der Waals surface area contributed by atoms with Crippen LogP contribution in [0.3, 0.4) is 0 Å². The lowest BCUT2D eigenvalue weighted by atomic mass is 10.1. The molecule has 0 atom stereocenters. The molecule has 0 bridgehead atoms. The largest absolute Gasteiger partial charge is 0.494 e. The van der Waals surface area contributed by atoms with Gasteiger partial charge in [-0.05, 0) is 78.7 Å². The summed E-state index contributed by atoms with van der Waals surface area (Å²) in [6, 6.07) is 27.0. The number of ether oxygens (including phenoxy) is 1. The molecule has 0 N–H and O–H groups in total. The second-order valence-electron chi connectivity index (χ2n) is 10.0. The first-order chi connectivity index (χ1) is 19.9. The molecule has 0 amide bonds. The minimum atomic E-state index is -3.54. The number of aromatic nitrogens is 2. The van der Waals surface area contributed by atoms with Crippen molar-refractivity contribution >= 4 is 15.7 Å². The number of benzene rings is 3. The van der Waals surface area contributed by atoms with Crippen molar-refractivity contribution in [3.63, 3.8) is 0 Å². The molecule has 5 aromatic rings. The van der Waals surface area contributed by atoms with Gasteiger partial charge in [0.15, 0.2) is 0 Å². The van der Waals surface area contributed by atoms with E-state index in [-0.39, 0.29) is 5.82 Å². The molecule has 1 saturated heterocycles. The minimum Gasteiger partial charge on any atom is -0.494 e. The maximum atomic E-state index is 13.8. The van der Waals surface area contributed by atoms with Crippen LogP contribution in [-0.4, -0.2) is 59.8 Å². The molecular weight excluding hydrogens is 539 g/mol. The molecule has 9 heteroatoms. The summed E-state index contributed by atoms with van der Waals surface area (Å²) in [6.45, 7) is 5.08. The number of halogens is 1. The Bertz CT molecular complexity index is 1760. The van der Waals surface area contributed by atoms with E-state index in [1.165, 1.54) is 12.1 Å². The van der Waals surface area contributed by atoms with E-state index in [0.29, 0.717) is 44.2 Å². The van der Waals surface area contributed by atoms with E-state index in [1.54, 1.807) is 40.7 Å². The first-order valence-electron chi connectivity index (χ1n) is 13.7. The van der Waals surface area contributed by atoms with E-state index in [1.807, 2.05) is 49.4 Å². The topological polar surface area (TPSA) is 67.2 Å². The average molecular weight is 571 g/mol. The maximum absolute atomic E-state index is 13.8. The maximum Gasteiger partial charge on any atom is 0.243 e. The molecule has 0 spiro atoms. The summed E-state index contributed by atoms with van der Waals surface area (Å²) in [5, 5.41) is 0. The quantitative estimate of drug-likeness (QED) is 0.239. The average Bonchev–Trinajstić information content (AvgIpc) is 3.36. The lowest BCUT2D eigenvalue weighted by Gasteiger charge is -2.34. The fourth-order valence-electron chi connectivity index (χ4n) is 5.27. The van der Waals surface area contributed by atoms with Crippen LogP contribution in [0.4, 0.5) is 4.39 Å². The first kappa shape index (κ1) is 27.1. The van der Waals surface area contributed by atoms with Gasteiger partial charge >= 0.3 is 0 Å². The number of hydrogen-bond acceptors (Lipinski definition) is 5. The fourth-order valence-corrected chi connectivity index (χ4v) is 6.71. The molecule has 7 nitrogen and oxygen atoms in total. The van der Waals surface area contributed by atoms with Crippen LogP contribution < -0.4 is 4.74 Å². The lowest BCUT2D eigenvalue weighted by Crippen LogP contribution is -2.48. The van der Waals surface area contributed by atoms with Gasteiger partial charge in [0.05, 0.1) is 22.9 Å². The second kappa shape index (κ2) is 11.4. The Balaban J connectivity index is 1.32. The zero-order chi connectivity index (χ0) is 28.4. The van der Waals surface area contributed by atoms with Crippen molar-refractivity contribution in [3.05, 3.63) is 109 Å². The van der Waals surface area contributed by atoms with Crippen molar-refractivity contribution in [2.24, 2.45) is 0 Å². The number of hydrogen-bond donors (Lipinski definition) is 0. The summed E-state index contributed by atoms with van der Waals surface area (Å²) in [4.78, 5) is 7.50. The van der Waals surface area contributed by atoms with Gasteiger partial charge in [-0.3, -0.25) is 4.90 Å². The number of fused-ring (bicyclic) bond motifs is 1. The van der Waals surface area contributed by atoms with Crippen molar-refractivity contribution in [2.45, 2.75) is 18.4 Å². The van der Waals surface area contributed by atoms with E-state index in [0.717, 1.165) is 39.5 Å². The number of sulfonamides is 1. The van der Waals surface area contributed by atoms with Crippen molar-refractivity contribution in [1.82, 2.24) is 18.6 Å². The molecular formula is C32H31FN4O3S. The summed E-state index contributed by atoms with van der Waals surface area (Å²) in [7, 11) is -3.54. The highest BCUT2D eigenvalue weighted by atomic mass is 32.2. The Morgan fingerprint density at radius 1 is 0.829 bits per heavy atom. The van der Waals surface area contributed by atoms with E-state index in [2.05, 4.69) is 15.5 Å². The zero-order valence-electron chi connectivity index (χ0n) is 22.8. The molecule has 41 heavy (non-hydrogen) atoms. The van der Waals surface area contributed by atoms with Crippen LogP contribution in [0.1, 0.15) is 12.6 Å². The summed E-state index contributed by atoms with van der Waals surface area (Å²) in [5.74, 6) is 0.512. The van der Waals surface area contributed by atoms with Crippen LogP contribution in [0.5, 0.6) is 5.75 Å². The normalized spacial score (nSPS) is 14.9. The Morgan fingerprint density at radius 2 is 1.56 bits per heavy atom. The highest BCUT2D eigenvalue weighted by Gasteiger charge is 2.29. The predicted octanol–water partition coefficient (Wildman–Crippen LogP) is 5.71. The van der Waals surface area contributed by atoms with Gasteiger partial charge in [0.2, 0.25) is 10.0 Å². The van der Waals surface area contributed by atoms with Crippen LogP contribution in [-0.2, 0) is 16.6 Å². The summed E-state index contributed by atoms with van der Waals surface area (Å²) in [6.07, 6.45) is 2.08. The Labute approximate surface area is 239 Å². The van der Waals surface area contributed by atoms with E-state index >= 15 is 0 Å². The minimum absolute atomic E-state index is 0.300. The predicted molar refractivity (Wildman–Crippen MR) is 158 cm³/mol. The van der Waals surface area contributed by atoms with Gasteiger partial charge in [-0.2, -0.15) is 4.31 Å². The molecule has 0 unspecified atom stereocenters. The third-order valence-electron chi connectivity index (χ3n) is 7.40. The van der Waals surface area contributed by atoms with Crippen LogP contribution in [0.2, 0.25) is 0 Å². The fraction of sp³-hybridized carbons (Fsp3) is 0.219. The third-order valence-corrected chi connectivity index (χ3v) is 9.31. The molecule has 1 fully saturated rings. The highest BCUT2D eigenvalue weighted by molar-refractivity contribution is 7.89. The molecule has 1 aliphatic rings. The number of piperazine rings is 1. The van der Waals surface area contributed by atoms with Crippen molar-refractivity contribution in [3.8, 4) is 28.1 Å². The second-order valence-corrected chi connectivity index (χ2v) is 12.0. The van der Waals surface area contributed by atoms with Gasteiger partial charge in [0.25, 0.3) is 0 Å². The van der Waals surface area contributed by atoms with Crippen LogP contribution in [0.15, 0.2) is 102 Å². The number of nitrogens with zero attached hydrogens (tertiary/aromatic N) is 4. The number of imidazole rings is 1. The SMILES string of the molecule is CCOc1cccc(-c2ccc3nc(-c4ccc(F)cc4)c(CN4CCN(S(=O)(=O)c5ccccc5)CC4)n3c2)c1. The van der Waals surface area contributed by atoms with Gasteiger partial charge in [0.1, 0.15) is 17.2 Å².